The van der Waals surface area contributed by atoms with E-state index in [0.29, 0.717) is 0 Å². The van der Waals surface area contributed by atoms with Crippen molar-refractivity contribution in [3.63, 3.8) is 0 Å². The van der Waals surface area contributed by atoms with Crippen LogP contribution in [-0.4, -0.2) is 6.10 Å². The summed E-state index contributed by atoms with van der Waals surface area (Å²) in [6.45, 7) is 1.99. The zero-order valence-electron chi connectivity index (χ0n) is 10.9. The van der Waals surface area contributed by atoms with E-state index in [2.05, 4.69) is 0 Å². The van der Waals surface area contributed by atoms with Crippen LogP contribution in [0.3, 0.4) is 0 Å². The number of rotatable bonds is 2. The quantitative estimate of drug-likeness (QED) is 0.735. The highest BCUT2D eigenvalue weighted by atomic mass is 35.5. The Bertz CT molecular complexity index is 657. The molecule has 2 atom stereocenters. The fraction of sp³-hybridized carbons (Fsp3) is 0.250. The van der Waals surface area contributed by atoms with Gasteiger partial charge in [-0.05, 0) is 30.2 Å². The van der Waals surface area contributed by atoms with Gasteiger partial charge >= 0.3 is 0 Å². The van der Waals surface area contributed by atoms with Gasteiger partial charge in [0, 0.05) is 12.0 Å². The van der Waals surface area contributed by atoms with Crippen LogP contribution >= 0.6 is 11.6 Å². The largest absolute Gasteiger partial charge is 0.490 e. The second-order valence-electron chi connectivity index (χ2n) is 5.01. The summed E-state index contributed by atoms with van der Waals surface area (Å²) >= 11 is 6.30. The fourth-order valence-corrected chi connectivity index (χ4v) is 2.80. The lowest BCUT2D eigenvalue weighted by Crippen LogP contribution is -2.05. The van der Waals surface area contributed by atoms with Gasteiger partial charge in [0.05, 0.1) is 5.38 Å². The van der Waals surface area contributed by atoms with Crippen LogP contribution in [0.25, 0.3) is 0 Å². The van der Waals surface area contributed by atoms with E-state index in [4.69, 9.17) is 16.3 Å². The first-order valence-electron chi connectivity index (χ1n) is 6.43. The minimum Gasteiger partial charge on any atom is -0.490 e. The van der Waals surface area contributed by atoms with Crippen molar-refractivity contribution in [3.05, 3.63) is 64.7 Å². The Hall–Kier alpha value is -1.61. The van der Waals surface area contributed by atoms with Crippen LogP contribution < -0.4 is 4.74 Å². The first kappa shape index (κ1) is 13.4. The molecule has 2 aromatic carbocycles. The van der Waals surface area contributed by atoms with Gasteiger partial charge in [-0.3, -0.25) is 0 Å². The number of benzene rings is 2. The molecule has 0 fully saturated rings. The van der Waals surface area contributed by atoms with E-state index in [1.54, 1.807) is 6.07 Å². The minimum absolute atomic E-state index is 0.139. The molecule has 0 aliphatic carbocycles. The van der Waals surface area contributed by atoms with Crippen molar-refractivity contribution < 1.29 is 13.5 Å². The van der Waals surface area contributed by atoms with Crippen LogP contribution in [0, 0.1) is 11.6 Å². The van der Waals surface area contributed by atoms with Crippen LogP contribution in [0.1, 0.15) is 29.0 Å². The number of hydrogen-bond acceptors (Lipinski definition) is 1. The van der Waals surface area contributed by atoms with Gasteiger partial charge in [0.1, 0.15) is 11.9 Å². The number of ether oxygens (including phenoxy) is 1. The Morgan fingerprint density at radius 1 is 1.25 bits per heavy atom. The van der Waals surface area contributed by atoms with Gasteiger partial charge in [0.2, 0.25) is 0 Å². The molecule has 2 aromatic rings. The lowest BCUT2D eigenvalue weighted by atomic mass is 10.00. The molecule has 0 bridgehead atoms. The van der Waals surface area contributed by atoms with E-state index in [-0.39, 0.29) is 11.7 Å². The molecule has 1 aliphatic heterocycles. The van der Waals surface area contributed by atoms with Gasteiger partial charge in [0.25, 0.3) is 0 Å². The molecule has 20 heavy (non-hydrogen) atoms. The van der Waals surface area contributed by atoms with Crippen LogP contribution in [-0.2, 0) is 6.42 Å². The smallest absolute Gasteiger partial charge is 0.163 e. The summed E-state index contributed by atoms with van der Waals surface area (Å²) in [5.74, 6) is -0.936. The molecule has 0 saturated carbocycles. The van der Waals surface area contributed by atoms with Gasteiger partial charge in [0.15, 0.2) is 11.6 Å². The summed E-state index contributed by atoms with van der Waals surface area (Å²) in [6.07, 6.45) is 0.943. The fourth-order valence-electron chi connectivity index (χ4n) is 2.50. The maximum absolute atomic E-state index is 13.8. The summed E-state index contributed by atoms with van der Waals surface area (Å²) in [5.41, 5.74) is 1.95. The van der Waals surface area contributed by atoms with Gasteiger partial charge in [-0.1, -0.05) is 24.3 Å². The molecule has 2 unspecified atom stereocenters. The molecule has 0 radical (unpaired) electrons. The topological polar surface area (TPSA) is 9.23 Å². The van der Waals surface area contributed by atoms with Crippen molar-refractivity contribution >= 4 is 11.6 Å². The molecule has 0 N–H and O–H groups in total. The lowest BCUT2D eigenvalue weighted by Gasteiger charge is -2.12. The van der Waals surface area contributed by atoms with Crippen molar-refractivity contribution in [2.75, 3.05) is 0 Å². The lowest BCUT2D eigenvalue weighted by molar-refractivity contribution is 0.254. The zero-order valence-corrected chi connectivity index (χ0v) is 11.6. The molecule has 0 aromatic heterocycles. The summed E-state index contributed by atoms with van der Waals surface area (Å²) < 4.78 is 32.7. The molecular weight excluding hydrogens is 282 g/mol. The second-order valence-corrected chi connectivity index (χ2v) is 5.44. The normalized spacial score (nSPS) is 18.5. The van der Waals surface area contributed by atoms with Crippen molar-refractivity contribution in [3.8, 4) is 5.75 Å². The maximum Gasteiger partial charge on any atom is 0.163 e. The predicted octanol–water partition coefficient (Wildman–Crippen LogP) is 4.62. The van der Waals surface area contributed by atoms with Crippen LogP contribution in [0.5, 0.6) is 5.75 Å². The maximum atomic E-state index is 13.8. The van der Waals surface area contributed by atoms with Crippen LogP contribution in [0.2, 0.25) is 0 Å². The number of fused-ring (bicyclic) bond motifs is 1. The number of halogens is 3. The molecule has 3 rings (SSSR count). The highest BCUT2D eigenvalue weighted by Gasteiger charge is 2.23. The summed E-state index contributed by atoms with van der Waals surface area (Å²) in [5, 5.41) is -0.716. The summed E-state index contributed by atoms with van der Waals surface area (Å²) in [7, 11) is 0. The SMILES string of the molecule is CC1Cc2cc(C(Cl)c3cccc(F)c3F)ccc2O1. The van der Waals surface area contributed by atoms with Gasteiger partial charge in [-0.25, -0.2) is 8.78 Å². The van der Waals surface area contributed by atoms with Gasteiger partial charge < -0.3 is 4.74 Å². The molecule has 0 spiro atoms. The van der Waals surface area contributed by atoms with Gasteiger partial charge in [-0.2, -0.15) is 0 Å². The molecule has 0 amide bonds. The van der Waals surface area contributed by atoms with Crippen molar-refractivity contribution in [2.24, 2.45) is 0 Å². The molecule has 1 nitrogen and oxygen atoms in total. The summed E-state index contributed by atoms with van der Waals surface area (Å²) in [6, 6.07) is 9.57. The Morgan fingerprint density at radius 3 is 2.85 bits per heavy atom. The molecule has 1 aliphatic rings. The highest BCUT2D eigenvalue weighted by Crippen LogP contribution is 2.36. The Morgan fingerprint density at radius 2 is 2.05 bits per heavy atom. The monoisotopic (exact) mass is 294 g/mol. The third-order valence-electron chi connectivity index (χ3n) is 3.47. The molecule has 0 saturated heterocycles. The minimum atomic E-state index is -0.891. The second kappa shape index (κ2) is 5.06. The summed E-state index contributed by atoms with van der Waals surface area (Å²) in [4.78, 5) is 0. The Balaban J connectivity index is 1.97. The van der Waals surface area contributed by atoms with E-state index >= 15 is 0 Å². The van der Waals surface area contributed by atoms with Crippen LogP contribution in [0.4, 0.5) is 8.78 Å². The number of alkyl halides is 1. The Kier molecular flexibility index (Phi) is 3.38. The highest BCUT2D eigenvalue weighted by molar-refractivity contribution is 6.22. The van der Waals surface area contributed by atoms with Crippen molar-refractivity contribution in [1.29, 1.82) is 0 Å². The standard InChI is InChI=1S/C16H13ClF2O/c1-9-7-11-8-10(5-6-14(11)20-9)15(17)12-3-2-4-13(18)16(12)19/h2-6,8-9,15H,7H2,1H3. The third kappa shape index (κ3) is 2.27. The Labute approximate surface area is 121 Å². The average molecular weight is 295 g/mol. The van der Waals surface area contributed by atoms with E-state index in [0.717, 1.165) is 29.4 Å². The van der Waals surface area contributed by atoms with E-state index in [1.807, 2.05) is 19.1 Å². The van der Waals surface area contributed by atoms with E-state index in [9.17, 15) is 8.78 Å². The molecule has 104 valence electrons. The van der Waals surface area contributed by atoms with Crippen LogP contribution in [0.15, 0.2) is 36.4 Å². The first-order chi connectivity index (χ1) is 9.56. The average Bonchev–Trinajstić information content (AvgIpc) is 2.80. The van der Waals surface area contributed by atoms with E-state index in [1.165, 1.54) is 12.1 Å². The van der Waals surface area contributed by atoms with E-state index < -0.39 is 17.0 Å². The van der Waals surface area contributed by atoms with Gasteiger partial charge in [-0.15, -0.1) is 11.6 Å². The first-order valence-corrected chi connectivity index (χ1v) is 6.87. The molecule has 1 heterocycles. The predicted molar refractivity (Wildman–Crippen MR) is 74.3 cm³/mol. The van der Waals surface area contributed by atoms with Crippen molar-refractivity contribution in [1.82, 2.24) is 0 Å². The molecular formula is C16H13ClF2O. The zero-order chi connectivity index (χ0) is 14.3. The van der Waals surface area contributed by atoms with Crippen molar-refractivity contribution in [2.45, 2.75) is 24.8 Å². The molecule has 4 heteroatoms. The third-order valence-corrected chi connectivity index (χ3v) is 3.95. The number of hydrogen-bond donors (Lipinski definition) is 0.